The molecule has 0 atom stereocenters. The van der Waals surface area contributed by atoms with E-state index in [1.54, 1.807) is 27.0 Å². The number of amides is 1. The Morgan fingerprint density at radius 1 is 1.50 bits per heavy atom. The number of thiazole rings is 1. The minimum atomic E-state index is -0.548. The van der Waals surface area contributed by atoms with Gasteiger partial charge in [0.1, 0.15) is 5.60 Å². The molecule has 1 aromatic rings. The van der Waals surface area contributed by atoms with Crippen LogP contribution < -0.4 is 5.32 Å². The molecule has 0 aliphatic carbocycles. The number of anilines is 1. The molecule has 0 fully saturated rings. The van der Waals surface area contributed by atoms with Crippen molar-refractivity contribution in [3.05, 3.63) is 11.1 Å². The zero-order chi connectivity index (χ0) is 15.2. The molecule has 1 heterocycles. The van der Waals surface area contributed by atoms with Gasteiger partial charge in [-0.05, 0) is 20.8 Å². The first-order valence-electron chi connectivity index (χ1n) is 5.84. The molecule has 108 valence electrons. The largest absolute Gasteiger partial charge is 0.444 e. The number of hydrogen-bond donors (Lipinski definition) is 1. The Morgan fingerprint density at radius 2 is 2.20 bits per heavy atom. The van der Waals surface area contributed by atoms with Gasteiger partial charge in [0.2, 0.25) is 0 Å². The summed E-state index contributed by atoms with van der Waals surface area (Å²) in [6.45, 7) is 6.87. The summed E-state index contributed by atoms with van der Waals surface area (Å²) in [4.78, 5) is 27.0. The van der Waals surface area contributed by atoms with Crippen LogP contribution in [0, 0.1) is 11.8 Å². The van der Waals surface area contributed by atoms with Crippen molar-refractivity contribution in [2.75, 3.05) is 11.1 Å². The molecule has 1 amide bonds. The standard InChI is InChI=1S/C13H16N2O3S2/c1-9(16)19-7-5-6-10-8-14-11(20-10)15-12(17)18-13(2,3)4/h8H,7H2,1-4H3,(H,14,15,17). The van der Waals surface area contributed by atoms with Gasteiger partial charge >= 0.3 is 6.09 Å². The van der Waals surface area contributed by atoms with Gasteiger partial charge in [0.05, 0.1) is 16.8 Å². The van der Waals surface area contributed by atoms with Crippen molar-refractivity contribution in [1.29, 1.82) is 0 Å². The van der Waals surface area contributed by atoms with Crippen molar-refractivity contribution >= 4 is 39.4 Å². The van der Waals surface area contributed by atoms with Crippen molar-refractivity contribution in [3.8, 4) is 11.8 Å². The summed E-state index contributed by atoms with van der Waals surface area (Å²) in [5, 5.41) is 3.02. The van der Waals surface area contributed by atoms with Gasteiger partial charge in [-0.25, -0.2) is 9.78 Å². The Bertz CT molecular complexity index is 550. The lowest BCUT2D eigenvalue weighted by atomic mass is 10.2. The first-order chi connectivity index (χ1) is 9.26. The fourth-order valence-corrected chi connectivity index (χ4v) is 2.07. The van der Waals surface area contributed by atoms with Gasteiger partial charge in [-0.3, -0.25) is 10.1 Å². The van der Waals surface area contributed by atoms with E-state index in [4.69, 9.17) is 4.74 Å². The van der Waals surface area contributed by atoms with Crippen LogP contribution in [-0.2, 0) is 9.53 Å². The van der Waals surface area contributed by atoms with E-state index in [0.717, 1.165) is 16.6 Å². The van der Waals surface area contributed by atoms with E-state index in [1.807, 2.05) is 0 Å². The molecule has 0 aliphatic heterocycles. The summed E-state index contributed by atoms with van der Waals surface area (Å²) >= 11 is 2.41. The molecule has 0 aliphatic rings. The summed E-state index contributed by atoms with van der Waals surface area (Å²) in [5.74, 6) is 6.19. The molecule has 1 rings (SSSR count). The van der Waals surface area contributed by atoms with E-state index in [2.05, 4.69) is 22.1 Å². The maximum Gasteiger partial charge on any atom is 0.413 e. The maximum atomic E-state index is 11.5. The second-order valence-corrected chi connectivity index (χ2v) is 6.92. The Hall–Kier alpha value is -1.52. The third-order valence-corrected chi connectivity index (χ3v) is 3.20. The lowest BCUT2D eigenvalue weighted by Crippen LogP contribution is -2.27. The van der Waals surface area contributed by atoms with Crippen LogP contribution in [0.3, 0.4) is 0 Å². The molecule has 1 N–H and O–H groups in total. The van der Waals surface area contributed by atoms with Gasteiger partial charge in [-0.1, -0.05) is 34.9 Å². The summed E-state index contributed by atoms with van der Waals surface area (Å²) in [7, 11) is 0. The van der Waals surface area contributed by atoms with Gasteiger partial charge in [-0.2, -0.15) is 0 Å². The minimum Gasteiger partial charge on any atom is -0.444 e. The average molecular weight is 312 g/mol. The van der Waals surface area contributed by atoms with Gasteiger partial charge in [0.25, 0.3) is 0 Å². The lowest BCUT2D eigenvalue weighted by Gasteiger charge is -2.18. The monoisotopic (exact) mass is 312 g/mol. The fraction of sp³-hybridized carbons (Fsp3) is 0.462. The van der Waals surface area contributed by atoms with Crippen LogP contribution in [0.1, 0.15) is 32.6 Å². The summed E-state index contributed by atoms with van der Waals surface area (Å²) in [5.41, 5.74) is -0.548. The van der Waals surface area contributed by atoms with Crippen LogP contribution in [0.4, 0.5) is 9.93 Å². The third kappa shape index (κ3) is 7.16. The molecule has 7 heteroatoms. The van der Waals surface area contributed by atoms with Crippen LogP contribution in [0.15, 0.2) is 6.20 Å². The Labute approximate surface area is 126 Å². The number of ether oxygens (including phenoxy) is 1. The van der Waals surface area contributed by atoms with E-state index in [1.165, 1.54) is 18.3 Å². The van der Waals surface area contributed by atoms with Gasteiger partial charge in [0, 0.05) is 6.92 Å². The molecule has 0 unspecified atom stereocenters. The van der Waals surface area contributed by atoms with Gasteiger partial charge < -0.3 is 4.74 Å². The van der Waals surface area contributed by atoms with Crippen molar-refractivity contribution in [1.82, 2.24) is 4.98 Å². The predicted molar refractivity (Wildman–Crippen MR) is 82.0 cm³/mol. The van der Waals surface area contributed by atoms with Crippen molar-refractivity contribution in [3.63, 3.8) is 0 Å². The first kappa shape index (κ1) is 16.5. The molecular formula is C13H16N2O3S2. The highest BCUT2D eigenvalue weighted by molar-refractivity contribution is 8.13. The summed E-state index contributed by atoms with van der Waals surface area (Å²) < 4.78 is 5.12. The maximum absolute atomic E-state index is 11.5. The molecule has 1 aromatic heterocycles. The number of hydrogen-bond acceptors (Lipinski definition) is 6. The van der Waals surface area contributed by atoms with E-state index in [0.29, 0.717) is 10.9 Å². The first-order valence-corrected chi connectivity index (χ1v) is 7.64. The SMILES string of the molecule is CC(=O)SCC#Cc1cnc(NC(=O)OC(C)(C)C)s1. The highest BCUT2D eigenvalue weighted by atomic mass is 32.2. The van der Waals surface area contributed by atoms with Crippen LogP contribution in [0.5, 0.6) is 0 Å². The van der Waals surface area contributed by atoms with Crippen LogP contribution in [-0.4, -0.2) is 27.5 Å². The van der Waals surface area contributed by atoms with Crippen molar-refractivity contribution in [2.24, 2.45) is 0 Å². The predicted octanol–water partition coefficient (Wildman–Crippen LogP) is 3.12. The zero-order valence-electron chi connectivity index (χ0n) is 11.8. The third-order valence-electron chi connectivity index (χ3n) is 1.67. The van der Waals surface area contributed by atoms with Crippen LogP contribution in [0.2, 0.25) is 0 Å². The number of nitrogens with zero attached hydrogens (tertiary/aromatic N) is 1. The molecule has 5 nitrogen and oxygen atoms in total. The molecule has 0 saturated heterocycles. The van der Waals surface area contributed by atoms with E-state index in [9.17, 15) is 9.59 Å². The minimum absolute atomic E-state index is 0.0379. The van der Waals surface area contributed by atoms with E-state index >= 15 is 0 Å². The Balaban J connectivity index is 2.51. The number of carbonyl (C=O) groups excluding carboxylic acids is 2. The molecule has 0 radical (unpaired) electrons. The highest BCUT2D eigenvalue weighted by Gasteiger charge is 2.17. The molecule has 0 spiro atoms. The van der Waals surface area contributed by atoms with Crippen molar-refractivity contribution in [2.45, 2.75) is 33.3 Å². The number of nitrogens with one attached hydrogen (secondary N) is 1. The molecule has 0 aromatic carbocycles. The number of thioether (sulfide) groups is 1. The van der Waals surface area contributed by atoms with Crippen LogP contribution in [0.25, 0.3) is 0 Å². The highest BCUT2D eigenvalue weighted by Crippen LogP contribution is 2.18. The molecule has 0 bridgehead atoms. The second-order valence-electron chi connectivity index (χ2n) is 4.74. The zero-order valence-corrected chi connectivity index (χ0v) is 13.4. The molecular weight excluding hydrogens is 296 g/mol. The van der Waals surface area contributed by atoms with E-state index < -0.39 is 11.7 Å². The topological polar surface area (TPSA) is 68.3 Å². The smallest absolute Gasteiger partial charge is 0.413 e. The second kappa shape index (κ2) is 7.31. The summed E-state index contributed by atoms with van der Waals surface area (Å²) in [6.07, 6.45) is 1.03. The Morgan fingerprint density at radius 3 is 2.80 bits per heavy atom. The Kier molecular flexibility index (Phi) is 6.05. The number of rotatable bonds is 2. The fourth-order valence-electron chi connectivity index (χ4n) is 1.04. The molecule has 20 heavy (non-hydrogen) atoms. The van der Waals surface area contributed by atoms with Crippen molar-refractivity contribution < 1.29 is 14.3 Å². The van der Waals surface area contributed by atoms with E-state index in [-0.39, 0.29) is 5.12 Å². The van der Waals surface area contributed by atoms with Crippen LogP contribution >= 0.6 is 23.1 Å². The van der Waals surface area contributed by atoms with Gasteiger partial charge in [0.15, 0.2) is 10.2 Å². The summed E-state index contributed by atoms with van der Waals surface area (Å²) in [6, 6.07) is 0. The van der Waals surface area contributed by atoms with Gasteiger partial charge in [-0.15, -0.1) is 0 Å². The number of carbonyl (C=O) groups is 2. The lowest BCUT2D eigenvalue weighted by molar-refractivity contribution is -0.109. The quantitative estimate of drug-likeness (QED) is 0.850. The normalized spacial score (nSPS) is 10.4. The number of aromatic nitrogens is 1. The average Bonchev–Trinajstić information content (AvgIpc) is 2.69. The molecule has 0 saturated carbocycles.